The van der Waals surface area contributed by atoms with E-state index >= 15 is 0 Å². The smallest absolute Gasteiger partial charge is 0.308 e. The number of hydrogen-bond acceptors (Lipinski definition) is 3. The van der Waals surface area contributed by atoms with Gasteiger partial charge in [0.1, 0.15) is 0 Å². The third-order valence-electron chi connectivity index (χ3n) is 4.12. The van der Waals surface area contributed by atoms with Gasteiger partial charge in [0.25, 0.3) is 5.91 Å². The van der Waals surface area contributed by atoms with Gasteiger partial charge in [-0.15, -0.1) is 0 Å². The van der Waals surface area contributed by atoms with Gasteiger partial charge in [0, 0.05) is 49.9 Å². The number of rotatable bonds is 10. The Labute approximate surface area is 154 Å². The van der Waals surface area contributed by atoms with Crippen LogP contribution in [0.15, 0.2) is 48.8 Å². The average Bonchev–Trinajstić information content (AvgIpc) is 3.18. The highest BCUT2D eigenvalue weighted by molar-refractivity contribution is 5.95. The highest BCUT2D eigenvalue weighted by Crippen LogP contribution is 2.14. The van der Waals surface area contributed by atoms with Gasteiger partial charge < -0.3 is 19.3 Å². The highest BCUT2D eigenvalue weighted by Gasteiger charge is 2.21. The number of carboxylic acid groups (broad SMARTS) is 1. The van der Waals surface area contributed by atoms with Crippen molar-refractivity contribution in [2.75, 3.05) is 26.3 Å². The van der Waals surface area contributed by atoms with Crippen molar-refractivity contribution < 1.29 is 19.4 Å². The molecule has 1 N–H and O–H groups in total. The molecule has 2 rings (SSSR count). The zero-order valence-electron chi connectivity index (χ0n) is 15.3. The number of ether oxygens (including phenoxy) is 1. The number of aromatic nitrogens is 1. The fourth-order valence-corrected chi connectivity index (χ4v) is 2.67. The molecule has 1 aromatic carbocycles. The molecule has 0 fully saturated rings. The Hall–Kier alpha value is -2.60. The normalized spacial score (nSPS) is 11.9. The number of carbonyl (C=O) groups excluding carboxylic acids is 1. The Kier molecular flexibility index (Phi) is 7.41. The first kappa shape index (κ1) is 19.7. The van der Waals surface area contributed by atoms with Crippen LogP contribution in [-0.2, 0) is 9.53 Å². The van der Waals surface area contributed by atoms with Crippen molar-refractivity contribution >= 4 is 11.9 Å². The molecule has 0 aliphatic heterocycles. The number of nitrogens with zero attached hydrogens (tertiary/aromatic N) is 2. The van der Waals surface area contributed by atoms with Crippen LogP contribution in [0.3, 0.4) is 0 Å². The zero-order valence-corrected chi connectivity index (χ0v) is 15.3. The lowest BCUT2D eigenvalue weighted by atomic mass is 10.1. The first-order chi connectivity index (χ1) is 12.5. The summed E-state index contributed by atoms with van der Waals surface area (Å²) in [4.78, 5) is 25.8. The summed E-state index contributed by atoms with van der Waals surface area (Å²) < 4.78 is 7.26. The van der Waals surface area contributed by atoms with Gasteiger partial charge >= 0.3 is 5.97 Å². The van der Waals surface area contributed by atoms with Gasteiger partial charge in [-0.05, 0) is 43.7 Å². The first-order valence-corrected chi connectivity index (χ1v) is 8.86. The van der Waals surface area contributed by atoms with E-state index in [9.17, 15) is 14.7 Å². The van der Waals surface area contributed by atoms with E-state index in [1.807, 2.05) is 54.2 Å². The van der Waals surface area contributed by atoms with Gasteiger partial charge in [-0.3, -0.25) is 9.59 Å². The molecule has 2 aromatic rings. The summed E-state index contributed by atoms with van der Waals surface area (Å²) in [5.74, 6) is -1.70. The van der Waals surface area contributed by atoms with Crippen molar-refractivity contribution in [3.8, 4) is 5.69 Å². The van der Waals surface area contributed by atoms with Crippen LogP contribution in [0.2, 0.25) is 0 Å². The van der Waals surface area contributed by atoms with Crippen molar-refractivity contribution in [2.45, 2.75) is 20.3 Å². The highest BCUT2D eigenvalue weighted by atomic mass is 16.5. The maximum Gasteiger partial charge on any atom is 0.308 e. The molecule has 0 aliphatic rings. The summed E-state index contributed by atoms with van der Waals surface area (Å²) in [7, 11) is 0. The zero-order chi connectivity index (χ0) is 18.9. The summed E-state index contributed by atoms with van der Waals surface area (Å²) in [5, 5.41) is 9.20. The Morgan fingerprint density at radius 1 is 1.23 bits per heavy atom. The first-order valence-electron chi connectivity index (χ1n) is 8.86. The summed E-state index contributed by atoms with van der Waals surface area (Å²) in [6, 6.07) is 11.2. The number of carboxylic acids is 1. The lowest BCUT2D eigenvalue weighted by Gasteiger charge is -2.25. The topological polar surface area (TPSA) is 71.8 Å². The van der Waals surface area contributed by atoms with Crippen LogP contribution in [0.4, 0.5) is 0 Å². The van der Waals surface area contributed by atoms with E-state index in [0.29, 0.717) is 31.7 Å². The molecular weight excluding hydrogens is 332 g/mol. The summed E-state index contributed by atoms with van der Waals surface area (Å²) in [5.41, 5.74) is 1.44. The Balaban J connectivity index is 2.15. The predicted molar refractivity (Wildman–Crippen MR) is 99.6 cm³/mol. The molecular formula is C20H26N2O4. The SMILES string of the molecule is CCOCCCN(CC(C)C(=O)O)C(=O)c1cccc(-n2cccc2)c1. The molecule has 1 amide bonds. The number of carbonyl (C=O) groups is 2. The van der Waals surface area contributed by atoms with Gasteiger partial charge in [0.05, 0.1) is 5.92 Å². The van der Waals surface area contributed by atoms with Gasteiger partial charge in [-0.2, -0.15) is 0 Å². The minimum atomic E-state index is -0.909. The van der Waals surface area contributed by atoms with Crippen LogP contribution >= 0.6 is 0 Å². The van der Waals surface area contributed by atoms with Gasteiger partial charge in [-0.1, -0.05) is 13.0 Å². The lowest BCUT2D eigenvalue weighted by molar-refractivity contribution is -0.141. The van der Waals surface area contributed by atoms with Crippen LogP contribution in [0.25, 0.3) is 5.69 Å². The summed E-state index contributed by atoms with van der Waals surface area (Å²) in [6.45, 7) is 5.34. The fourth-order valence-electron chi connectivity index (χ4n) is 2.67. The monoisotopic (exact) mass is 358 g/mol. The van der Waals surface area contributed by atoms with E-state index in [0.717, 1.165) is 5.69 Å². The summed E-state index contributed by atoms with van der Waals surface area (Å²) >= 11 is 0. The van der Waals surface area contributed by atoms with Gasteiger partial charge in [0.2, 0.25) is 0 Å². The van der Waals surface area contributed by atoms with Gasteiger partial charge in [0.15, 0.2) is 0 Å². The van der Waals surface area contributed by atoms with E-state index < -0.39 is 11.9 Å². The van der Waals surface area contributed by atoms with Crippen molar-refractivity contribution in [2.24, 2.45) is 5.92 Å². The quantitative estimate of drug-likeness (QED) is 0.663. The lowest BCUT2D eigenvalue weighted by Crippen LogP contribution is -2.38. The predicted octanol–water partition coefficient (Wildman–Crippen LogP) is 3.07. The molecule has 6 heteroatoms. The standard InChI is InChI=1S/C20H26N2O4/c1-3-26-13-7-12-22(15-16(2)20(24)25)19(23)17-8-6-9-18(14-17)21-10-4-5-11-21/h4-6,8-11,14,16H,3,7,12-13,15H2,1-2H3,(H,24,25). The molecule has 0 saturated carbocycles. The van der Waals surface area contributed by atoms with Crippen molar-refractivity contribution in [3.63, 3.8) is 0 Å². The van der Waals surface area contributed by atoms with Crippen LogP contribution in [0.1, 0.15) is 30.6 Å². The molecule has 0 spiro atoms. The fraction of sp³-hybridized carbons (Fsp3) is 0.400. The van der Waals surface area contributed by atoms with Crippen molar-refractivity contribution in [1.29, 1.82) is 0 Å². The molecule has 1 atom stereocenters. The maximum absolute atomic E-state index is 13.0. The second-order valence-electron chi connectivity index (χ2n) is 6.18. The Morgan fingerprint density at radius 3 is 2.62 bits per heavy atom. The molecule has 6 nitrogen and oxygen atoms in total. The number of amides is 1. The third kappa shape index (κ3) is 5.46. The number of benzene rings is 1. The van der Waals surface area contributed by atoms with Gasteiger partial charge in [-0.25, -0.2) is 0 Å². The molecule has 0 radical (unpaired) electrons. The molecule has 0 saturated heterocycles. The Morgan fingerprint density at radius 2 is 1.96 bits per heavy atom. The number of hydrogen-bond donors (Lipinski definition) is 1. The van der Waals surface area contributed by atoms with Crippen LogP contribution < -0.4 is 0 Å². The molecule has 26 heavy (non-hydrogen) atoms. The molecule has 0 bridgehead atoms. The van der Waals surface area contributed by atoms with Crippen LogP contribution in [0.5, 0.6) is 0 Å². The molecule has 1 aromatic heterocycles. The second kappa shape index (κ2) is 9.77. The minimum Gasteiger partial charge on any atom is -0.481 e. The third-order valence-corrected chi connectivity index (χ3v) is 4.12. The molecule has 0 aliphatic carbocycles. The minimum absolute atomic E-state index is 0.163. The van der Waals surface area contributed by atoms with Crippen molar-refractivity contribution in [3.05, 3.63) is 54.4 Å². The van der Waals surface area contributed by atoms with E-state index in [-0.39, 0.29) is 12.5 Å². The van der Waals surface area contributed by atoms with Crippen molar-refractivity contribution in [1.82, 2.24) is 9.47 Å². The maximum atomic E-state index is 13.0. The van der Waals surface area contributed by atoms with E-state index in [2.05, 4.69) is 0 Å². The second-order valence-corrected chi connectivity index (χ2v) is 6.18. The van der Waals surface area contributed by atoms with Crippen LogP contribution in [0, 0.1) is 5.92 Å². The Bertz CT molecular complexity index is 712. The van der Waals surface area contributed by atoms with Crippen LogP contribution in [-0.4, -0.2) is 52.8 Å². The van der Waals surface area contributed by atoms with E-state index in [1.54, 1.807) is 17.9 Å². The van der Waals surface area contributed by atoms with E-state index in [1.165, 1.54) is 0 Å². The average molecular weight is 358 g/mol. The summed E-state index contributed by atoms with van der Waals surface area (Å²) in [6.07, 6.45) is 4.50. The molecule has 1 heterocycles. The molecule has 1 unspecified atom stereocenters. The molecule has 140 valence electrons. The largest absolute Gasteiger partial charge is 0.481 e. The number of aliphatic carboxylic acids is 1. The van der Waals surface area contributed by atoms with E-state index in [4.69, 9.17) is 4.74 Å².